The lowest BCUT2D eigenvalue weighted by molar-refractivity contribution is -0.380. The molecule has 0 bridgehead atoms. The zero-order valence-corrected chi connectivity index (χ0v) is 18.0. The molecule has 0 unspecified atom stereocenters. The fourth-order valence-corrected chi connectivity index (χ4v) is 4.21. The average molecular weight is 460 g/mol. The van der Waals surface area contributed by atoms with Crippen molar-refractivity contribution < 1.29 is 18.1 Å². The zero-order chi connectivity index (χ0) is 22.6. The standard InChI is InChI=1S/C19H17N5O5S2/c1-12-11-13(2)21-19(20-12)23-31(28,29)16-7-3-14(4-8-16)22-17(25)9-5-15-6-10-18(30-15)24(26)27/h3-11H,1-2H3,(H,22,25)(H,20,21,23)/b9-5+. The normalized spacial score (nSPS) is 11.4. The number of nitro groups is 1. The van der Waals surface area contributed by atoms with Crippen LogP contribution in [0.5, 0.6) is 0 Å². The minimum absolute atomic E-state index is 0.0170. The van der Waals surface area contributed by atoms with Crippen LogP contribution in [0, 0.1) is 24.0 Å². The monoisotopic (exact) mass is 459 g/mol. The van der Waals surface area contributed by atoms with Gasteiger partial charge in [0.2, 0.25) is 11.9 Å². The van der Waals surface area contributed by atoms with Crippen molar-refractivity contribution in [3.05, 3.63) is 74.9 Å². The number of nitrogens with zero attached hydrogens (tertiary/aromatic N) is 3. The van der Waals surface area contributed by atoms with Crippen molar-refractivity contribution in [2.24, 2.45) is 0 Å². The van der Waals surface area contributed by atoms with Crippen molar-refractivity contribution in [2.45, 2.75) is 18.7 Å². The number of hydrogen-bond acceptors (Lipinski definition) is 8. The Kier molecular flexibility index (Phi) is 6.42. The molecule has 1 amide bonds. The Morgan fingerprint density at radius 3 is 2.32 bits per heavy atom. The van der Waals surface area contributed by atoms with Gasteiger partial charge >= 0.3 is 5.00 Å². The van der Waals surface area contributed by atoms with Gasteiger partial charge in [-0.15, -0.1) is 0 Å². The van der Waals surface area contributed by atoms with Crippen LogP contribution < -0.4 is 10.0 Å². The van der Waals surface area contributed by atoms with E-state index in [1.165, 1.54) is 42.5 Å². The van der Waals surface area contributed by atoms with Crippen molar-refractivity contribution >= 4 is 50.0 Å². The van der Waals surface area contributed by atoms with E-state index in [2.05, 4.69) is 20.0 Å². The zero-order valence-electron chi connectivity index (χ0n) is 16.4. The molecule has 0 aliphatic carbocycles. The van der Waals surface area contributed by atoms with Gasteiger partial charge in [0, 0.05) is 34.1 Å². The molecule has 0 fully saturated rings. The first kappa shape index (κ1) is 22.1. The molecule has 0 atom stereocenters. The molecule has 31 heavy (non-hydrogen) atoms. The van der Waals surface area contributed by atoms with Crippen LogP contribution in [-0.2, 0) is 14.8 Å². The number of aromatic nitrogens is 2. The van der Waals surface area contributed by atoms with E-state index in [-0.39, 0.29) is 15.8 Å². The van der Waals surface area contributed by atoms with E-state index in [1.807, 2.05) is 0 Å². The predicted molar refractivity (Wildman–Crippen MR) is 117 cm³/mol. The van der Waals surface area contributed by atoms with Crippen molar-refractivity contribution in [3.8, 4) is 0 Å². The summed E-state index contributed by atoms with van der Waals surface area (Å²) in [4.78, 5) is 30.9. The largest absolute Gasteiger partial charge is 0.324 e. The number of sulfonamides is 1. The number of hydrogen-bond donors (Lipinski definition) is 2. The van der Waals surface area contributed by atoms with Gasteiger partial charge < -0.3 is 5.32 Å². The molecule has 0 saturated carbocycles. The lowest BCUT2D eigenvalue weighted by atomic mass is 10.3. The first-order valence-corrected chi connectivity index (χ1v) is 11.1. The minimum Gasteiger partial charge on any atom is -0.323 e. The van der Waals surface area contributed by atoms with E-state index in [9.17, 15) is 23.3 Å². The smallest absolute Gasteiger partial charge is 0.323 e. The Hall–Kier alpha value is -3.64. The number of anilines is 2. The molecule has 3 rings (SSSR count). The summed E-state index contributed by atoms with van der Waals surface area (Å²) in [6.07, 6.45) is 2.69. The van der Waals surface area contributed by atoms with Gasteiger partial charge in [0.25, 0.3) is 10.0 Å². The topological polar surface area (TPSA) is 144 Å². The molecule has 2 N–H and O–H groups in total. The van der Waals surface area contributed by atoms with E-state index in [1.54, 1.807) is 26.0 Å². The Morgan fingerprint density at radius 2 is 1.74 bits per heavy atom. The maximum atomic E-state index is 12.5. The second-order valence-corrected chi connectivity index (χ2v) is 9.14. The van der Waals surface area contributed by atoms with Crippen LogP contribution >= 0.6 is 11.3 Å². The second-order valence-electron chi connectivity index (χ2n) is 6.36. The first-order valence-electron chi connectivity index (χ1n) is 8.81. The predicted octanol–water partition coefficient (Wildman–Crippen LogP) is 3.52. The number of benzene rings is 1. The average Bonchev–Trinajstić information content (AvgIpc) is 3.15. The molecule has 2 aromatic heterocycles. The lowest BCUT2D eigenvalue weighted by Crippen LogP contribution is -2.16. The van der Waals surface area contributed by atoms with Gasteiger partial charge in [-0.25, -0.2) is 23.1 Å². The minimum atomic E-state index is -3.90. The number of rotatable bonds is 7. The Bertz CT molecular complexity index is 1250. The Labute approximate surface area is 181 Å². The molecule has 1 aromatic carbocycles. The summed E-state index contributed by atoms with van der Waals surface area (Å²) in [6, 6.07) is 10.2. The van der Waals surface area contributed by atoms with Gasteiger partial charge in [-0.05, 0) is 56.3 Å². The lowest BCUT2D eigenvalue weighted by Gasteiger charge is -2.09. The summed E-state index contributed by atoms with van der Waals surface area (Å²) < 4.78 is 27.4. The van der Waals surface area contributed by atoms with Crippen molar-refractivity contribution in [2.75, 3.05) is 10.0 Å². The molecule has 2 heterocycles. The molecule has 0 saturated heterocycles. The van der Waals surface area contributed by atoms with E-state index < -0.39 is 20.9 Å². The van der Waals surface area contributed by atoms with E-state index in [4.69, 9.17) is 0 Å². The maximum absolute atomic E-state index is 12.5. The van der Waals surface area contributed by atoms with Crippen LogP contribution in [0.2, 0.25) is 0 Å². The van der Waals surface area contributed by atoms with E-state index in [0.29, 0.717) is 22.0 Å². The Morgan fingerprint density at radius 1 is 1.10 bits per heavy atom. The van der Waals surface area contributed by atoms with Gasteiger partial charge in [0.1, 0.15) is 0 Å². The van der Waals surface area contributed by atoms with Crippen LogP contribution in [0.4, 0.5) is 16.6 Å². The number of carbonyl (C=O) groups is 1. The second kappa shape index (κ2) is 9.02. The SMILES string of the molecule is Cc1cc(C)nc(NS(=O)(=O)c2ccc(NC(=O)/C=C/c3ccc([N+](=O)[O-])s3)cc2)n1. The molecule has 0 aliphatic rings. The summed E-state index contributed by atoms with van der Waals surface area (Å²) in [5.41, 5.74) is 1.65. The molecule has 0 radical (unpaired) electrons. The summed E-state index contributed by atoms with van der Waals surface area (Å²) in [5.74, 6) is -0.484. The number of amides is 1. The van der Waals surface area contributed by atoms with Gasteiger partial charge in [0.05, 0.1) is 9.82 Å². The number of nitrogens with one attached hydrogen (secondary N) is 2. The van der Waals surface area contributed by atoms with Crippen LogP contribution in [-0.4, -0.2) is 29.2 Å². The Balaban J connectivity index is 1.65. The summed E-state index contributed by atoms with van der Waals surface area (Å²) in [5, 5.41) is 13.3. The highest BCUT2D eigenvalue weighted by molar-refractivity contribution is 7.92. The van der Waals surface area contributed by atoms with Crippen molar-refractivity contribution in [1.29, 1.82) is 0 Å². The van der Waals surface area contributed by atoms with Crippen LogP contribution in [0.25, 0.3) is 6.08 Å². The third kappa shape index (κ3) is 5.93. The first-order chi connectivity index (χ1) is 14.6. The van der Waals surface area contributed by atoms with Crippen LogP contribution in [0.1, 0.15) is 16.3 Å². The number of thiophene rings is 1. The highest BCUT2D eigenvalue weighted by Gasteiger charge is 2.16. The van der Waals surface area contributed by atoms with Crippen molar-refractivity contribution in [1.82, 2.24) is 9.97 Å². The molecule has 3 aromatic rings. The third-order valence-corrected chi connectivity index (χ3v) is 6.18. The van der Waals surface area contributed by atoms with Gasteiger partial charge in [-0.1, -0.05) is 11.3 Å². The third-order valence-electron chi connectivity index (χ3n) is 3.83. The molecule has 12 heteroatoms. The summed E-state index contributed by atoms with van der Waals surface area (Å²) in [7, 11) is -3.90. The molecular weight excluding hydrogens is 442 g/mol. The molecular formula is C19H17N5O5S2. The fourth-order valence-electron chi connectivity index (χ4n) is 2.54. The summed E-state index contributed by atoms with van der Waals surface area (Å²) in [6.45, 7) is 3.47. The number of carbonyl (C=O) groups excluding carboxylic acids is 1. The van der Waals surface area contributed by atoms with Crippen molar-refractivity contribution in [3.63, 3.8) is 0 Å². The fraction of sp³-hybridized carbons (Fsp3) is 0.105. The highest BCUT2D eigenvalue weighted by Crippen LogP contribution is 2.25. The molecule has 0 spiro atoms. The summed E-state index contributed by atoms with van der Waals surface area (Å²) >= 11 is 0.947. The van der Waals surface area contributed by atoms with Gasteiger partial charge in [-0.2, -0.15) is 0 Å². The van der Waals surface area contributed by atoms with E-state index in [0.717, 1.165) is 11.3 Å². The van der Waals surface area contributed by atoms with Gasteiger partial charge in [0.15, 0.2) is 0 Å². The van der Waals surface area contributed by atoms with Gasteiger partial charge in [-0.3, -0.25) is 14.9 Å². The quantitative estimate of drug-likeness (QED) is 0.312. The van der Waals surface area contributed by atoms with E-state index >= 15 is 0 Å². The highest BCUT2D eigenvalue weighted by atomic mass is 32.2. The molecule has 10 nitrogen and oxygen atoms in total. The van der Waals surface area contributed by atoms with Crippen LogP contribution in [0.15, 0.2) is 53.4 Å². The number of aryl methyl sites for hydroxylation is 2. The van der Waals surface area contributed by atoms with Crippen LogP contribution in [0.3, 0.4) is 0 Å². The maximum Gasteiger partial charge on any atom is 0.324 e. The molecule has 160 valence electrons. The molecule has 0 aliphatic heterocycles.